The number of anilines is 1. The highest BCUT2D eigenvalue weighted by Crippen LogP contribution is 2.23. The van der Waals surface area contributed by atoms with Gasteiger partial charge in [0, 0.05) is 21.9 Å². The molecule has 0 spiro atoms. The molecule has 2 aliphatic heterocycles. The number of nitrogens with zero attached hydrogens (tertiary/aromatic N) is 2. The average Bonchev–Trinajstić information content (AvgIpc) is 3.14. The van der Waals surface area contributed by atoms with Crippen LogP contribution >= 0.6 is 15.9 Å². The molecule has 0 fully saturated rings. The van der Waals surface area contributed by atoms with E-state index in [1.54, 1.807) is 60.2 Å². The van der Waals surface area contributed by atoms with Crippen LogP contribution in [0.5, 0.6) is 5.75 Å². The molecule has 8 heteroatoms. The lowest BCUT2D eigenvalue weighted by molar-refractivity contribution is 0.0645. The summed E-state index contributed by atoms with van der Waals surface area (Å²) >= 11 is 3.35. The molecule has 0 saturated heterocycles. The van der Waals surface area contributed by atoms with Gasteiger partial charge in [-0.3, -0.25) is 10.2 Å². The van der Waals surface area contributed by atoms with Gasteiger partial charge < -0.3 is 15.6 Å². The molecule has 2 heterocycles. The summed E-state index contributed by atoms with van der Waals surface area (Å²) in [6, 6.07) is 14.3. The van der Waals surface area contributed by atoms with Gasteiger partial charge in [-0.15, -0.1) is 0 Å². The lowest BCUT2D eigenvalue weighted by Gasteiger charge is -2.22. The van der Waals surface area contributed by atoms with Crippen LogP contribution in [0.2, 0.25) is 0 Å². The first-order valence-electron chi connectivity index (χ1n) is 7.79. The van der Waals surface area contributed by atoms with Gasteiger partial charge in [0.25, 0.3) is 5.91 Å². The smallest absolute Gasteiger partial charge is 0.255 e. The normalized spacial score (nSPS) is 14.6. The fourth-order valence-corrected chi connectivity index (χ4v) is 2.69. The molecule has 7 nitrogen and oxygen atoms in total. The Hall–Kier alpha value is -3.26. The largest absolute Gasteiger partial charge is 0.374 e. The molecule has 2 aliphatic rings. The highest BCUT2D eigenvalue weighted by atomic mass is 79.9. The standard InChI is InChI=1S/C18H14BrN5O2/c19-13-3-1-12(2-4-13)18(25)22-14-5-7-15(8-6-14)26-24-11-20-9-16-17(24)10-21-23-16/h1-11,21,23H,(H,22,25). The topological polar surface area (TPSA) is 78.0 Å². The third-order valence-electron chi connectivity index (χ3n) is 3.73. The highest BCUT2D eigenvalue weighted by molar-refractivity contribution is 9.10. The number of benzene rings is 2. The Morgan fingerprint density at radius 1 is 1.12 bits per heavy atom. The monoisotopic (exact) mass is 411 g/mol. The van der Waals surface area contributed by atoms with Crippen LogP contribution in [-0.2, 0) is 0 Å². The number of nitrogens with one attached hydrogen (secondary N) is 3. The fraction of sp³-hybridized carbons (Fsp3) is 0. The van der Waals surface area contributed by atoms with Crippen LogP contribution in [0, 0.1) is 0 Å². The number of hydrogen-bond donors (Lipinski definition) is 3. The molecule has 26 heavy (non-hydrogen) atoms. The third kappa shape index (κ3) is 3.40. The van der Waals surface area contributed by atoms with Gasteiger partial charge in [-0.2, -0.15) is 5.06 Å². The van der Waals surface area contributed by atoms with Gasteiger partial charge in [-0.05, 0) is 48.5 Å². The van der Waals surface area contributed by atoms with E-state index in [0.29, 0.717) is 17.0 Å². The van der Waals surface area contributed by atoms with E-state index < -0.39 is 0 Å². The number of fused-ring (bicyclic) bond motifs is 1. The summed E-state index contributed by atoms with van der Waals surface area (Å²) in [4.78, 5) is 22.1. The molecule has 0 unspecified atom stereocenters. The lowest BCUT2D eigenvalue weighted by atomic mass is 10.2. The highest BCUT2D eigenvalue weighted by Gasteiger charge is 2.21. The van der Waals surface area contributed by atoms with E-state index in [1.807, 2.05) is 12.1 Å². The third-order valence-corrected chi connectivity index (χ3v) is 4.26. The van der Waals surface area contributed by atoms with Crippen LogP contribution in [0.25, 0.3) is 0 Å². The molecule has 130 valence electrons. The first-order chi connectivity index (χ1) is 12.7. The quantitative estimate of drug-likeness (QED) is 0.720. The number of carbonyl (C=O) groups excluding carboxylic acids is 1. The molecule has 0 saturated carbocycles. The van der Waals surface area contributed by atoms with Crippen molar-refractivity contribution in [1.29, 1.82) is 0 Å². The summed E-state index contributed by atoms with van der Waals surface area (Å²) in [5.41, 5.74) is 8.78. The number of carbonyl (C=O) groups is 1. The second-order valence-corrected chi connectivity index (χ2v) is 6.42. The van der Waals surface area contributed by atoms with E-state index in [4.69, 9.17) is 4.84 Å². The molecule has 1 amide bonds. The van der Waals surface area contributed by atoms with Crippen LogP contribution in [0.4, 0.5) is 5.69 Å². The Kier molecular flexibility index (Phi) is 4.32. The number of amides is 1. The lowest BCUT2D eigenvalue weighted by Crippen LogP contribution is -2.29. The predicted octanol–water partition coefficient (Wildman–Crippen LogP) is 3.13. The van der Waals surface area contributed by atoms with Crippen molar-refractivity contribution in [3.63, 3.8) is 0 Å². The Labute approximate surface area is 158 Å². The minimum atomic E-state index is -0.169. The van der Waals surface area contributed by atoms with Gasteiger partial charge in [0.05, 0.1) is 6.20 Å². The number of hydrazine groups is 1. The maximum atomic E-state index is 12.2. The Bertz CT molecular complexity index is 920. The van der Waals surface area contributed by atoms with E-state index in [9.17, 15) is 4.79 Å². The molecule has 2 aromatic rings. The summed E-state index contributed by atoms with van der Waals surface area (Å²) in [6.07, 6.45) is 5.06. The second-order valence-electron chi connectivity index (χ2n) is 5.51. The van der Waals surface area contributed by atoms with Crippen LogP contribution in [0.15, 0.2) is 81.8 Å². The van der Waals surface area contributed by atoms with E-state index >= 15 is 0 Å². The minimum absolute atomic E-state index is 0.169. The summed E-state index contributed by atoms with van der Waals surface area (Å²) in [5, 5.41) is 4.41. The molecule has 3 N–H and O–H groups in total. The maximum Gasteiger partial charge on any atom is 0.255 e. The first kappa shape index (κ1) is 16.2. The summed E-state index contributed by atoms with van der Waals surface area (Å²) in [7, 11) is 0. The minimum Gasteiger partial charge on any atom is -0.374 e. The van der Waals surface area contributed by atoms with Crippen LogP contribution in [0.1, 0.15) is 10.4 Å². The number of rotatable bonds is 4. The number of hydroxylamine groups is 2. The van der Waals surface area contributed by atoms with E-state index in [0.717, 1.165) is 15.9 Å². The second kappa shape index (κ2) is 6.93. The molecule has 4 rings (SSSR count). The Morgan fingerprint density at radius 2 is 1.88 bits per heavy atom. The maximum absolute atomic E-state index is 12.2. The zero-order valence-corrected chi connectivity index (χ0v) is 15.0. The number of halogens is 1. The zero-order chi connectivity index (χ0) is 17.9. The number of hydrogen-bond acceptors (Lipinski definition) is 6. The molecule has 0 atom stereocenters. The fourth-order valence-electron chi connectivity index (χ4n) is 2.43. The summed E-state index contributed by atoms with van der Waals surface area (Å²) < 4.78 is 0.928. The van der Waals surface area contributed by atoms with E-state index in [-0.39, 0.29) is 5.91 Å². The summed E-state index contributed by atoms with van der Waals surface area (Å²) in [6.45, 7) is 0. The van der Waals surface area contributed by atoms with Gasteiger partial charge >= 0.3 is 0 Å². The van der Waals surface area contributed by atoms with Crippen molar-refractivity contribution in [2.75, 3.05) is 5.32 Å². The van der Waals surface area contributed by atoms with Crippen molar-refractivity contribution >= 4 is 33.9 Å². The molecule has 2 aromatic carbocycles. The van der Waals surface area contributed by atoms with Gasteiger partial charge in [-0.1, -0.05) is 15.9 Å². The molecule has 0 aliphatic carbocycles. The average molecular weight is 412 g/mol. The molecular formula is C18H14BrN5O2. The zero-order valence-electron chi connectivity index (χ0n) is 13.4. The summed E-state index contributed by atoms with van der Waals surface area (Å²) in [5.74, 6) is 0.449. The van der Waals surface area contributed by atoms with E-state index in [2.05, 4.69) is 37.1 Å². The van der Waals surface area contributed by atoms with Gasteiger partial charge in [0.1, 0.15) is 17.7 Å². The van der Waals surface area contributed by atoms with Crippen LogP contribution in [-0.4, -0.2) is 17.3 Å². The SMILES string of the molecule is O=C(Nc1ccc(ON2C=NC=C3NNC=C32)cc1)c1ccc(Br)cc1. The Balaban J connectivity index is 1.41. The van der Waals surface area contributed by atoms with Crippen molar-refractivity contribution in [2.24, 2.45) is 4.99 Å². The predicted molar refractivity (Wildman–Crippen MR) is 102 cm³/mol. The van der Waals surface area contributed by atoms with Crippen molar-refractivity contribution < 1.29 is 9.63 Å². The number of aliphatic imine (C=N–C) groups is 1. The van der Waals surface area contributed by atoms with Gasteiger partial charge in [-0.25, -0.2) is 4.99 Å². The van der Waals surface area contributed by atoms with Crippen LogP contribution in [0.3, 0.4) is 0 Å². The van der Waals surface area contributed by atoms with Crippen molar-refractivity contribution in [3.05, 3.63) is 82.4 Å². The van der Waals surface area contributed by atoms with Crippen molar-refractivity contribution in [3.8, 4) is 5.75 Å². The van der Waals surface area contributed by atoms with Gasteiger partial charge in [0.15, 0.2) is 5.75 Å². The van der Waals surface area contributed by atoms with Crippen LogP contribution < -0.4 is 21.0 Å². The molecule has 0 bridgehead atoms. The van der Waals surface area contributed by atoms with Crippen molar-refractivity contribution in [2.45, 2.75) is 0 Å². The first-order valence-corrected chi connectivity index (χ1v) is 8.58. The van der Waals surface area contributed by atoms with Crippen molar-refractivity contribution in [1.82, 2.24) is 15.9 Å². The van der Waals surface area contributed by atoms with Gasteiger partial charge in [0.2, 0.25) is 0 Å². The molecule has 0 radical (unpaired) electrons. The van der Waals surface area contributed by atoms with E-state index in [1.165, 1.54) is 0 Å². The molecule has 0 aromatic heterocycles. The Morgan fingerprint density at radius 3 is 2.65 bits per heavy atom. The molecular weight excluding hydrogens is 398 g/mol.